The van der Waals surface area contributed by atoms with E-state index in [0.29, 0.717) is 0 Å². The summed E-state index contributed by atoms with van der Waals surface area (Å²) < 4.78 is 4.97. The van der Waals surface area contributed by atoms with Crippen LogP contribution in [-0.2, 0) is 16.1 Å². The van der Waals surface area contributed by atoms with Crippen LogP contribution < -0.4 is 5.32 Å². The van der Waals surface area contributed by atoms with Crippen molar-refractivity contribution in [3.63, 3.8) is 0 Å². The number of benzene rings is 2. The Balaban J connectivity index is 1.72. The van der Waals surface area contributed by atoms with Crippen molar-refractivity contribution in [2.75, 3.05) is 6.61 Å². The first kappa shape index (κ1) is 19.3. The molecule has 1 aliphatic heterocycles. The van der Waals surface area contributed by atoms with Gasteiger partial charge in [0.15, 0.2) is 6.61 Å². The molecular formula is C21H20N2O5. The molecule has 0 saturated carbocycles. The minimum Gasteiger partial charge on any atom is -0.452 e. The maximum atomic E-state index is 12.7. The molecule has 0 aromatic heterocycles. The lowest BCUT2D eigenvalue weighted by Crippen LogP contribution is -2.34. The lowest BCUT2D eigenvalue weighted by molar-refractivity contribution is -0.124. The zero-order valence-corrected chi connectivity index (χ0v) is 15.6. The van der Waals surface area contributed by atoms with Crippen molar-refractivity contribution >= 4 is 23.7 Å². The summed E-state index contributed by atoms with van der Waals surface area (Å²) in [5, 5.41) is 2.61. The van der Waals surface area contributed by atoms with Gasteiger partial charge in [0.2, 0.25) is 0 Å². The van der Waals surface area contributed by atoms with Gasteiger partial charge in [-0.05, 0) is 37.6 Å². The number of nitrogens with one attached hydrogen (secondary N) is 1. The third kappa shape index (κ3) is 4.09. The van der Waals surface area contributed by atoms with Gasteiger partial charge in [0.1, 0.15) is 0 Å². The second kappa shape index (κ2) is 8.04. The minimum atomic E-state index is -0.733. The monoisotopic (exact) mass is 380 g/mol. The molecule has 3 rings (SSSR count). The molecule has 0 spiro atoms. The summed E-state index contributed by atoms with van der Waals surface area (Å²) in [5.74, 6) is -2.01. The van der Waals surface area contributed by atoms with Crippen molar-refractivity contribution in [1.29, 1.82) is 0 Å². The zero-order valence-electron chi connectivity index (χ0n) is 15.6. The first-order chi connectivity index (χ1) is 13.4. The second-order valence-electron chi connectivity index (χ2n) is 6.74. The van der Waals surface area contributed by atoms with Gasteiger partial charge in [0.25, 0.3) is 17.7 Å². The molecule has 1 N–H and O–H groups in total. The Bertz CT molecular complexity index is 937. The average molecular weight is 380 g/mol. The van der Waals surface area contributed by atoms with Crippen molar-refractivity contribution in [3.8, 4) is 0 Å². The van der Waals surface area contributed by atoms with Crippen LogP contribution in [0.25, 0.3) is 0 Å². The fourth-order valence-electron chi connectivity index (χ4n) is 2.91. The summed E-state index contributed by atoms with van der Waals surface area (Å²) in [6.07, 6.45) is 0. The third-order valence-electron chi connectivity index (χ3n) is 4.17. The fraction of sp³-hybridized carbons (Fsp3) is 0.238. The van der Waals surface area contributed by atoms with Gasteiger partial charge < -0.3 is 10.1 Å². The summed E-state index contributed by atoms with van der Waals surface area (Å²) in [7, 11) is 0. The van der Waals surface area contributed by atoms with E-state index in [2.05, 4.69) is 5.32 Å². The van der Waals surface area contributed by atoms with Crippen molar-refractivity contribution in [2.45, 2.75) is 26.4 Å². The molecule has 3 amide bonds. The van der Waals surface area contributed by atoms with Gasteiger partial charge >= 0.3 is 5.97 Å². The van der Waals surface area contributed by atoms with Crippen LogP contribution in [0.4, 0.5) is 0 Å². The molecule has 1 aliphatic rings. The molecule has 0 unspecified atom stereocenters. The number of imide groups is 1. The van der Waals surface area contributed by atoms with E-state index >= 15 is 0 Å². The molecular weight excluding hydrogens is 360 g/mol. The number of carbonyl (C=O) groups excluding carboxylic acids is 4. The highest BCUT2D eigenvalue weighted by Crippen LogP contribution is 2.26. The first-order valence-electron chi connectivity index (χ1n) is 8.87. The Morgan fingerprint density at radius 3 is 2.36 bits per heavy atom. The van der Waals surface area contributed by atoms with Gasteiger partial charge in [-0.1, -0.05) is 30.3 Å². The van der Waals surface area contributed by atoms with E-state index in [0.717, 1.165) is 10.5 Å². The summed E-state index contributed by atoms with van der Waals surface area (Å²) in [6, 6.07) is 13.3. The fourth-order valence-corrected chi connectivity index (χ4v) is 2.91. The van der Waals surface area contributed by atoms with Crippen molar-refractivity contribution in [1.82, 2.24) is 10.2 Å². The predicted molar refractivity (Wildman–Crippen MR) is 101 cm³/mol. The highest BCUT2D eigenvalue weighted by molar-refractivity contribution is 6.21. The Morgan fingerprint density at radius 2 is 1.68 bits per heavy atom. The number of hydrogen-bond acceptors (Lipinski definition) is 5. The lowest BCUT2D eigenvalue weighted by atomic mass is 10.1. The van der Waals surface area contributed by atoms with Crippen molar-refractivity contribution in [2.24, 2.45) is 0 Å². The van der Waals surface area contributed by atoms with E-state index in [1.165, 1.54) is 18.2 Å². The van der Waals surface area contributed by atoms with Gasteiger partial charge in [0, 0.05) is 6.04 Å². The minimum absolute atomic E-state index is 0.0644. The average Bonchev–Trinajstić information content (AvgIpc) is 2.91. The predicted octanol–water partition coefficient (Wildman–Crippen LogP) is 2.16. The van der Waals surface area contributed by atoms with Crippen LogP contribution in [-0.4, -0.2) is 41.2 Å². The Morgan fingerprint density at radius 1 is 1.00 bits per heavy atom. The largest absolute Gasteiger partial charge is 0.452 e. The molecule has 1 heterocycles. The van der Waals surface area contributed by atoms with Gasteiger partial charge in [-0.3, -0.25) is 19.3 Å². The van der Waals surface area contributed by atoms with Gasteiger partial charge in [-0.2, -0.15) is 0 Å². The van der Waals surface area contributed by atoms with Gasteiger partial charge in [0.05, 0.1) is 23.2 Å². The molecule has 0 saturated heterocycles. The Hall–Kier alpha value is -3.48. The van der Waals surface area contributed by atoms with E-state index in [9.17, 15) is 19.2 Å². The number of amides is 3. The second-order valence-corrected chi connectivity index (χ2v) is 6.74. The smallest absolute Gasteiger partial charge is 0.338 e. The Labute approximate surface area is 162 Å². The molecule has 7 heteroatoms. The maximum Gasteiger partial charge on any atom is 0.338 e. The molecule has 144 valence electrons. The van der Waals surface area contributed by atoms with E-state index < -0.39 is 30.3 Å². The molecule has 0 atom stereocenters. The molecule has 0 aliphatic carbocycles. The lowest BCUT2D eigenvalue weighted by Gasteiger charge is -2.13. The van der Waals surface area contributed by atoms with Crippen LogP contribution in [0, 0.1) is 0 Å². The van der Waals surface area contributed by atoms with Crippen molar-refractivity contribution < 1.29 is 23.9 Å². The molecule has 28 heavy (non-hydrogen) atoms. The highest BCUT2D eigenvalue weighted by atomic mass is 16.5. The standard InChI is InChI=1S/C21H20N2O5/c1-13(2)22-18(24)12-28-21(27)15-8-9-16-17(10-15)20(26)23(19(16)25)11-14-6-4-3-5-7-14/h3-10,13H,11-12H2,1-2H3,(H,22,24). The van der Waals surface area contributed by atoms with Gasteiger partial charge in [-0.25, -0.2) is 4.79 Å². The molecule has 2 aromatic rings. The number of nitrogens with zero attached hydrogens (tertiary/aromatic N) is 1. The third-order valence-corrected chi connectivity index (χ3v) is 4.17. The van der Waals surface area contributed by atoms with Crippen LogP contribution in [0.3, 0.4) is 0 Å². The van der Waals surface area contributed by atoms with Crippen LogP contribution in [0.2, 0.25) is 0 Å². The van der Waals surface area contributed by atoms with E-state index in [4.69, 9.17) is 4.74 Å². The molecule has 0 radical (unpaired) electrons. The van der Waals surface area contributed by atoms with Crippen LogP contribution in [0.5, 0.6) is 0 Å². The van der Waals surface area contributed by atoms with E-state index in [1.54, 1.807) is 13.8 Å². The van der Waals surface area contributed by atoms with Crippen LogP contribution >= 0.6 is 0 Å². The summed E-state index contributed by atoms with van der Waals surface area (Å²) >= 11 is 0. The molecule has 0 bridgehead atoms. The van der Waals surface area contributed by atoms with Gasteiger partial charge in [-0.15, -0.1) is 0 Å². The molecule has 7 nitrogen and oxygen atoms in total. The number of ether oxygens (including phenoxy) is 1. The van der Waals surface area contributed by atoms with Crippen LogP contribution in [0.1, 0.15) is 50.5 Å². The highest BCUT2D eigenvalue weighted by Gasteiger charge is 2.36. The molecule has 2 aromatic carbocycles. The molecule has 0 fully saturated rings. The summed E-state index contributed by atoms with van der Waals surface area (Å²) in [6.45, 7) is 3.33. The number of esters is 1. The SMILES string of the molecule is CC(C)NC(=O)COC(=O)c1ccc2c(c1)C(=O)N(Cc1ccccc1)C2=O. The van der Waals surface area contributed by atoms with E-state index in [-0.39, 0.29) is 29.3 Å². The van der Waals surface area contributed by atoms with Crippen molar-refractivity contribution in [3.05, 3.63) is 70.8 Å². The quantitative estimate of drug-likeness (QED) is 0.612. The number of fused-ring (bicyclic) bond motifs is 1. The zero-order chi connectivity index (χ0) is 20.3. The normalized spacial score (nSPS) is 12.9. The number of rotatable bonds is 6. The first-order valence-corrected chi connectivity index (χ1v) is 8.87. The topological polar surface area (TPSA) is 92.8 Å². The van der Waals surface area contributed by atoms with E-state index in [1.807, 2.05) is 30.3 Å². The summed E-state index contributed by atoms with van der Waals surface area (Å²) in [4.78, 5) is 50.1. The van der Waals surface area contributed by atoms with Crippen LogP contribution in [0.15, 0.2) is 48.5 Å². The number of hydrogen-bond donors (Lipinski definition) is 1. The summed E-state index contributed by atoms with van der Waals surface area (Å²) in [5.41, 5.74) is 1.34. The number of carbonyl (C=O) groups is 4. The maximum absolute atomic E-state index is 12.7. The Kier molecular flexibility index (Phi) is 5.54.